The third-order valence-corrected chi connectivity index (χ3v) is 4.37. The summed E-state index contributed by atoms with van der Waals surface area (Å²) < 4.78 is 11.0. The van der Waals surface area contributed by atoms with Crippen LogP contribution in [-0.4, -0.2) is 48.0 Å². The number of nitrogens with two attached hydrogens (primary N) is 1. The van der Waals surface area contributed by atoms with E-state index in [2.05, 4.69) is 9.97 Å². The van der Waals surface area contributed by atoms with Crippen LogP contribution in [0.3, 0.4) is 0 Å². The van der Waals surface area contributed by atoms with E-state index in [4.69, 9.17) is 15.2 Å². The summed E-state index contributed by atoms with van der Waals surface area (Å²) in [5.41, 5.74) is 7.92. The van der Waals surface area contributed by atoms with Gasteiger partial charge in [0.05, 0.1) is 25.5 Å². The van der Waals surface area contributed by atoms with Crippen molar-refractivity contribution in [3.63, 3.8) is 0 Å². The predicted molar refractivity (Wildman–Crippen MR) is 100 cm³/mol. The first kappa shape index (κ1) is 18.4. The average molecular weight is 358 g/mol. The van der Waals surface area contributed by atoms with Crippen molar-refractivity contribution in [3.05, 3.63) is 41.6 Å². The van der Waals surface area contributed by atoms with Gasteiger partial charge in [0.2, 0.25) is 5.95 Å². The number of rotatable bonds is 8. The lowest BCUT2D eigenvalue weighted by atomic mass is 10.0. The lowest BCUT2D eigenvalue weighted by Gasteiger charge is -2.24. The van der Waals surface area contributed by atoms with E-state index in [1.807, 2.05) is 42.2 Å². The second kappa shape index (κ2) is 8.82. The van der Waals surface area contributed by atoms with Crippen molar-refractivity contribution in [2.45, 2.75) is 25.8 Å². The molecule has 1 aliphatic rings. The molecule has 0 aliphatic carbocycles. The van der Waals surface area contributed by atoms with Crippen LogP contribution in [0.25, 0.3) is 0 Å². The molecule has 140 valence electrons. The molecule has 0 bridgehead atoms. The van der Waals surface area contributed by atoms with Gasteiger partial charge >= 0.3 is 0 Å². The van der Waals surface area contributed by atoms with Gasteiger partial charge in [0, 0.05) is 31.7 Å². The van der Waals surface area contributed by atoms with Gasteiger partial charge in [-0.05, 0) is 31.0 Å². The third-order valence-electron chi connectivity index (χ3n) is 4.37. The van der Waals surface area contributed by atoms with E-state index < -0.39 is 0 Å². The van der Waals surface area contributed by atoms with E-state index in [1.54, 1.807) is 0 Å². The molecule has 0 radical (unpaired) electrons. The number of aliphatic hydroxyl groups excluding tert-OH is 1. The van der Waals surface area contributed by atoms with Crippen LogP contribution in [0.5, 0.6) is 5.75 Å². The number of nitrogen functional groups attached to an aromatic ring is 1. The number of hydrogen-bond donors (Lipinski definition) is 2. The highest BCUT2D eigenvalue weighted by Crippen LogP contribution is 2.27. The van der Waals surface area contributed by atoms with E-state index in [0.717, 1.165) is 35.9 Å². The normalized spacial score (nSPS) is 16.6. The largest absolute Gasteiger partial charge is 0.494 e. The number of benzene rings is 1. The maximum Gasteiger partial charge on any atom is 0.222 e. The van der Waals surface area contributed by atoms with Gasteiger partial charge in [-0.2, -0.15) is 4.98 Å². The van der Waals surface area contributed by atoms with Crippen LogP contribution in [0.1, 0.15) is 30.5 Å². The van der Waals surface area contributed by atoms with Crippen LogP contribution in [0.2, 0.25) is 0 Å². The van der Waals surface area contributed by atoms with Gasteiger partial charge in [0.15, 0.2) is 0 Å². The van der Waals surface area contributed by atoms with Crippen LogP contribution < -0.4 is 15.4 Å². The summed E-state index contributed by atoms with van der Waals surface area (Å²) in [7, 11) is 0. The fourth-order valence-electron chi connectivity index (χ4n) is 3.13. The van der Waals surface area contributed by atoms with E-state index in [1.165, 1.54) is 0 Å². The van der Waals surface area contributed by atoms with Gasteiger partial charge in [-0.1, -0.05) is 12.1 Å². The van der Waals surface area contributed by atoms with Gasteiger partial charge in [0.25, 0.3) is 0 Å². The minimum absolute atomic E-state index is 0.0247. The average Bonchev–Trinajstić information content (AvgIpc) is 3.16. The first-order chi connectivity index (χ1) is 12.7. The Morgan fingerprint density at radius 1 is 1.35 bits per heavy atom. The maximum atomic E-state index is 9.50. The topological polar surface area (TPSA) is 93.7 Å². The molecule has 0 saturated carbocycles. The molecule has 0 spiro atoms. The molecule has 1 aromatic heterocycles. The van der Waals surface area contributed by atoms with Gasteiger partial charge in [-0.25, -0.2) is 4.98 Å². The Morgan fingerprint density at radius 3 is 2.96 bits per heavy atom. The van der Waals surface area contributed by atoms with Gasteiger partial charge in [0.1, 0.15) is 11.6 Å². The highest BCUT2D eigenvalue weighted by molar-refractivity contribution is 5.45. The Kier molecular flexibility index (Phi) is 6.25. The molecule has 3 N–H and O–H groups in total. The van der Waals surface area contributed by atoms with Crippen molar-refractivity contribution >= 4 is 11.8 Å². The van der Waals surface area contributed by atoms with E-state index >= 15 is 0 Å². The first-order valence-corrected chi connectivity index (χ1v) is 8.99. The number of ether oxygens (including phenoxy) is 2. The minimum Gasteiger partial charge on any atom is -0.494 e. The molecule has 2 heterocycles. The van der Waals surface area contributed by atoms with Crippen molar-refractivity contribution in [1.29, 1.82) is 0 Å². The Balaban J connectivity index is 1.84. The summed E-state index contributed by atoms with van der Waals surface area (Å²) in [5.74, 6) is 2.04. The molecule has 7 nitrogen and oxygen atoms in total. The SMILES string of the molecule is CCOc1cccc(CN(CCO)c2cc([C@H]3CCOC3)nc(N)n2)c1. The summed E-state index contributed by atoms with van der Waals surface area (Å²) in [6.07, 6.45) is 0.937. The second-order valence-electron chi connectivity index (χ2n) is 6.30. The zero-order valence-corrected chi connectivity index (χ0v) is 15.1. The van der Waals surface area contributed by atoms with Crippen molar-refractivity contribution in [1.82, 2.24) is 9.97 Å². The lowest BCUT2D eigenvalue weighted by Crippen LogP contribution is -2.27. The fraction of sp³-hybridized carbons (Fsp3) is 0.474. The van der Waals surface area contributed by atoms with Crippen molar-refractivity contribution in [3.8, 4) is 5.75 Å². The number of hydrogen-bond acceptors (Lipinski definition) is 7. The summed E-state index contributed by atoms with van der Waals surface area (Å²) in [4.78, 5) is 10.8. The quantitative estimate of drug-likeness (QED) is 0.745. The smallest absolute Gasteiger partial charge is 0.222 e. The molecule has 7 heteroatoms. The Morgan fingerprint density at radius 2 is 2.23 bits per heavy atom. The summed E-state index contributed by atoms with van der Waals surface area (Å²) in [5, 5.41) is 9.50. The highest BCUT2D eigenvalue weighted by atomic mass is 16.5. The number of nitrogens with zero attached hydrogens (tertiary/aromatic N) is 3. The predicted octanol–water partition coefficient (Wildman–Crippen LogP) is 1.96. The van der Waals surface area contributed by atoms with Gasteiger partial charge in [-0.3, -0.25) is 0 Å². The Bertz CT molecular complexity index is 720. The maximum absolute atomic E-state index is 9.50. The molecule has 1 aromatic carbocycles. The van der Waals surface area contributed by atoms with Crippen LogP contribution in [0.15, 0.2) is 30.3 Å². The molecule has 2 aromatic rings. The molecule has 3 rings (SSSR count). The molecule has 0 amide bonds. The summed E-state index contributed by atoms with van der Waals surface area (Å²) in [6.45, 7) is 5.06. The van der Waals surface area contributed by atoms with Crippen molar-refractivity contribution in [2.24, 2.45) is 0 Å². The monoisotopic (exact) mass is 358 g/mol. The van der Waals surface area contributed by atoms with Crippen LogP contribution in [0.4, 0.5) is 11.8 Å². The molecule has 0 unspecified atom stereocenters. The number of anilines is 2. The molecule has 1 saturated heterocycles. The zero-order valence-electron chi connectivity index (χ0n) is 15.1. The van der Waals surface area contributed by atoms with E-state index in [0.29, 0.717) is 26.3 Å². The van der Waals surface area contributed by atoms with Crippen LogP contribution in [-0.2, 0) is 11.3 Å². The number of aromatic nitrogens is 2. The van der Waals surface area contributed by atoms with Crippen molar-refractivity contribution < 1.29 is 14.6 Å². The molecular formula is C19H26N4O3. The molecule has 1 aliphatic heterocycles. The summed E-state index contributed by atoms with van der Waals surface area (Å²) >= 11 is 0. The van der Waals surface area contributed by atoms with Crippen molar-refractivity contribution in [2.75, 3.05) is 43.6 Å². The number of aliphatic hydroxyl groups is 1. The van der Waals surface area contributed by atoms with Crippen LogP contribution in [0, 0.1) is 0 Å². The lowest BCUT2D eigenvalue weighted by molar-refractivity contribution is 0.193. The van der Waals surface area contributed by atoms with Gasteiger partial charge < -0.3 is 25.2 Å². The molecule has 1 fully saturated rings. The first-order valence-electron chi connectivity index (χ1n) is 8.99. The molecular weight excluding hydrogens is 332 g/mol. The van der Waals surface area contributed by atoms with E-state index in [9.17, 15) is 5.11 Å². The Hall–Kier alpha value is -2.38. The molecule has 1 atom stereocenters. The fourth-order valence-corrected chi connectivity index (χ4v) is 3.13. The summed E-state index contributed by atoms with van der Waals surface area (Å²) in [6, 6.07) is 9.89. The third kappa shape index (κ3) is 4.62. The molecule has 26 heavy (non-hydrogen) atoms. The highest BCUT2D eigenvalue weighted by Gasteiger charge is 2.21. The zero-order chi connectivity index (χ0) is 18.4. The minimum atomic E-state index is 0.0247. The van der Waals surface area contributed by atoms with Crippen LogP contribution >= 0.6 is 0 Å². The van der Waals surface area contributed by atoms with Gasteiger partial charge in [-0.15, -0.1) is 0 Å². The Labute approximate surface area is 153 Å². The standard InChI is InChI=1S/C19H26N4O3/c1-2-26-16-5-3-4-14(10-16)12-23(7-8-24)18-11-17(21-19(20)22-18)15-6-9-25-13-15/h3-5,10-11,15,24H,2,6-9,12-13H2,1H3,(H2,20,21,22)/t15-/m0/s1. The second-order valence-corrected chi connectivity index (χ2v) is 6.30. The van der Waals surface area contributed by atoms with E-state index in [-0.39, 0.29) is 18.5 Å².